The van der Waals surface area contributed by atoms with Crippen LogP contribution in [0, 0.1) is 6.92 Å². The summed E-state index contributed by atoms with van der Waals surface area (Å²) in [4.78, 5) is 0. The average molecular weight is 210 g/mol. The fourth-order valence-corrected chi connectivity index (χ4v) is 1.32. The van der Waals surface area contributed by atoms with Gasteiger partial charge in [-0.05, 0) is 24.6 Å². The van der Waals surface area contributed by atoms with Crippen LogP contribution in [0.25, 0.3) is 0 Å². The van der Waals surface area contributed by atoms with Gasteiger partial charge in [-0.15, -0.1) is 0 Å². The van der Waals surface area contributed by atoms with Gasteiger partial charge in [0.1, 0.15) is 0 Å². The number of methoxy groups -OCH3 is 1. The first-order chi connectivity index (χ1) is 7.15. The molecular formula is C11H18N2O2. The Morgan fingerprint density at radius 1 is 1.53 bits per heavy atom. The van der Waals surface area contributed by atoms with Crippen molar-refractivity contribution in [2.75, 3.05) is 31.3 Å². The summed E-state index contributed by atoms with van der Waals surface area (Å²) in [7, 11) is 1.56. The zero-order valence-electron chi connectivity index (χ0n) is 9.16. The van der Waals surface area contributed by atoms with Crippen molar-refractivity contribution in [3.8, 4) is 0 Å². The first-order valence-electron chi connectivity index (χ1n) is 4.91. The average Bonchev–Trinajstić information content (AvgIpc) is 2.21. The molecule has 0 bridgehead atoms. The van der Waals surface area contributed by atoms with Crippen LogP contribution < -0.4 is 11.1 Å². The standard InChI is InChI=1S/C11H18N2O2/c1-8-10(12)4-3-5-11(8)13-6-9(14)7-15-2/h3-5,9,13-14H,6-7,12H2,1-2H3. The second kappa shape index (κ2) is 5.58. The highest BCUT2D eigenvalue weighted by molar-refractivity contribution is 5.62. The highest BCUT2D eigenvalue weighted by Gasteiger charge is 2.05. The van der Waals surface area contributed by atoms with E-state index in [0.29, 0.717) is 13.2 Å². The lowest BCUT2D eigenvalue weighted by atomic mass is 10.1. The molecule has 1 aromatic carbocycles. The lowest BCUT2D eigenvalue weighted by Gasteiger charge is -2.14. The number of hydrogen-bond donors (Lipinski definition) is 3. The molecule has 0 aliphatic rings. The molecule has 1 aromatic rings. The topological polar surface area (TPSA) is 67.5 Å². The van der Waals surface area contributed by atoms with Crippen LogP contribution in [0.1, 0.15) is 5.56 Å². The monoisotopic (exact) mass is 210 g/mol. The van der Waals surface area contributed by atoms with Crippen LogP contribution in [0.3, 0.4) is 0 Å². The van der Waals surface area contributed by atoms with Gasteiger partial charge in [-0.25, -0.2) is 0 Å². The van der Waals surface area contributed by atoms with Crippen molar-refractivity contribution in [2.24, 2.45) is 0 Å². The molecule has 4 N–H and O–H groups in total. The van der Waals surface area contributed by atoms with Crippen LogP contribution in [0.2, 0.25) is 0 Å². The number of ether oxygens (including phenoxy) is 1. The Labute approximate surface area is 90.1 Å². The van der Waals surface area contributed by atoms with Crippen molar-refractivity contribution < 1.29 is 9.84 Å². The lowest BCUT2D eigenvalue weighted by Crippen LogP contribution is -2.24. The molecule has 0 aliphatic carbocycles. The molecule has 0 spiro atoms. The predicted octanol–water partition coefficient (Wildman–Crippen LogP) is 0.996. The van der Waals surface area contributed by atoms with E-state index in [1.807, 2.05) is 25.1 Å². The molecule has 0 fully saturated rings. The largest absolute Gasteiger partial charge is 0.398 e. The van der Waals surface area contributed by atoms with E-state index in [-0.39, 0.29) is 0 Å². The summed E-state index contributed by atoms with van der Waals surface area (Å²) in [6.07, 6.45) is -0.504. The van der Waals surface area contributed by atoms with Gasteiger partial charge in [0.15, 0.2) is 0 Å². The van der Waals surface area contributed by atoms with E-state index in [2.05, 4.69) is 5.32 Å². The number of anilines is 2. The molecule has 4 heteroatoms. The summed E-state index contributed by atoms with van der Waals surface area (Å²) in [5.74, 6) is 0. The molecule has 0 saturated heterocycles. The van der Waals surface area contributed by atoms with Crippen LogP contribution in [-0.4, -0.2) is 31.5 Å². The smallest absolute Gasteiger partial charge is 0.0945 e. The number of nitrogen functional groups attached to an aromatic ring is 1. The summed E-state index contributed by atoms with van der Waals surface area (Å²) >= 11 is 0. The van der Waals surface area contributed by atoms with E-state index < -0.39 is 6.10 Å². The van der Waals surface area contributed by atoms with Crippen LogP contribution in [0.5, 0.6) is 0 Å². The van der Waals surface area contributed by atoms with Gasteiger partial charge in [-0.1, -0.05) is 6.07 Å². The van der Waals surface area contributed by atoms with E-state index in [4.69, 9.17) is 10.5 Å². The zero-order chi connectivity index (χ0) is 11.3. The maximum atomic E-state index is 9.45. The Balaban J connectivity index is 2.54. The minimum absolute atomic E-state index is 0.328. The third kappa shape index (κ3) is 3.42. The summed E-state index contributed by atoms with van der Waals surface area (Å²) < 4.78 is 4.83. The van der Waals surface area contributed by atoms with Crippen molar-refractivity contribution in [1.29, 1.82) is 0 Å². The number of nitrogens with two attached hydrogens (primary N) is 1. The minimum atomic E-state index is -0.504. The highest BCUT2D eigenvalue weighted by Crippen LogP contribution is 2.20. The SMILES string of the molecule is COCC(O)CNc1cccc(N)c1C. The third-order valence-corrected chi connectivity index (χ3v) is 2.26. The fraction of sp³-hybridized carbons (Fsp3) is 0.455. The lowest BCUT2D eigenvalue weighted by molar-refractivity contribution is 0.0727. The van der Waals surface area contributed by atoms with Gasteiger partial charge in [-0.2, -0.15) is 0 Å². The van der Waals surface area contributed by atoms with Gasteiger partial charge in [0.2, 0.25) is 0 Å². The molecule has 1 rings (SSSR count). The molecule has 0 aromatic heterocycles. The number of rotatable bonds is 5. The number of aliphatic hydroxyl groups excluding tert-OH is 1. The van der Waals surface area contributed by atoms with Crippen molar-refractivity contribution >= 4 is 11.4 Å². The number of aliphatic hydroxyl groups is 1. The van der Waals surface area contributed by atoms with E-state index in [1.165, 1.54) is 0 Å². The second-order valence-corrected chi connectivity index (χ2v) is 3.51. The molecule has 0 radical (unpaired) electrons. The second-order valence-electron chi connectivity index (χ2n) is 3.51. The molecule has 1 unspecified atom stereocenters. The normalized spacial score (nSPS) is 12.5. The summed E-state index contributed by atoms with van der Waals surface area (Å²) in [5, 5.41) is 12.6. The molecule has 15 heavy (non-hydrogen) atoms. The van der Waals surface area contributed by atoms with Crippen LogP contribution in [0.4, 0.5) is 11.4 Å². The number of hydrogen-bond acceptors (Lipinski definition) is 4. The quantitative estimate of drug-likeness (QED) is 0.634. The van der Waals surface area contributed by atoms with Gasteiger partial charge in [0.25, 0.3) is 0 Å². The van der Waals surface area contributed by atoms with Crippen LogP contribution in [-0.2, 0) is 4.74 Å². The fourth-order valence-electron chi connectivity index (χ4n) is 1.32. The molecular weight excluding hydrogens is 192 g/mol. The van der Waals surface area contributed by atoms with Crippen LogP contribution >= 0.6 is 0 Å². The first-order valence-corrected chi connectivity index (χ1v) is 4.91. The highest BCUT2D eigenvalue weighted by atomic mass is 16.5. The summed E-state index contributed by atoms with van der Waals surface area (Å²) in [5.41, 5.74) is 8.46. The van der Waals surface area contributed by atoms with E-state index in [1.54, 1.807) is 7.11 Å². The van der Waals surface area contributed by atoms with Crippen molar-refractivity contribution in [1.82, 2.24) is 0 Å². The first kappa shape index (κ1) is 11.8. The van der Waals surface area contributed by atoms with Gasteiger partial charge in [-0.3, -0.25) is 0 Å². The molecule has 4 nitrogen and oxygen atoms in total. The van der Waals surface area contributed by atoms with Gasteiger partial charge >= 0.3 is 0 Å². The summed E-state index contributed by atoms with van der Waals surface area (Å²) in [6.45, 7) is 2.73. The van der Waals surface area contributed by atoms with Crippen molar-refractivity contribution in [3.63, 3.8) is 0 Å². The van der Waals surface area contributed by atoms with Gasteiger partial charge < -0.3 is 20.9 Å². The molecule has 0 amide bonds. The third-order valence-electron chi connectivity index (χ3n) is 2.26. The molecule has 0 heterocycles. The number of benzene rings is 1. The van der Waals surface area contributed by atoms with Crippen LogP contribution in [0.15, 0.2) is 18.2 Å². The molecule has 84 valence electrons. The Bertz CT molecular complexity index is 315. The van der Waals surface area contributed by atoms with E-state index in [0.717, 1.165) is 16.9 Å². The van der Waals surface area contributed by atoms with Crippen molar-refractivity contribution in [2.45, 2.75) is 13.0 Å². The Morgan fingerprint density at radius 3 is 2.93 bits per heavy atom. The Kier molecular flexibility index (Phi) is 4.39. The maximum Gasteiger partial charge on any atom is 0.0945 e. The van der Waals surface area contributed by atoms with E-state index >= 15 is 0 Å². The van der Waals surface area contributed by atoms with Crippen molar-refractivity contribution in [3.05, 3.63) is 23.8 Å². The molecule has 1 atom stereocenters. The predicted molar refractivity (Wildman–Crippen MR) is 62.0 cm³/mol. The molecule has 0 aliphatic heterocycles. The molecule has 0 saturated carbocycles. The Morgan fingerprint density at radius 2 is 2.27 bits per heavy atom. The Hall–Kier alpha value is -1.26. The maximum absolute atomic E-state index is 9.45. The van der Waals surface area contributed by atoms with Gasteiger partial charge in [0.05, 0.1) is 12.7 Å². The number of nitrogens with one attached hydrogen (secondary N) is 1. The summed E-state index contributed by atoms with van der Waals surface area (Å²) in [6, 6.07) is 5.67. The van der Waals surface area contributed by atoms with Gasteiger partial charge in [0, 0.05) is 25.0 Å². The zero-order valence-corrected chi connectivity index (χ0v) is 9.16. The van der Waals surface area contributed by atoms with E-state index in [9.17, 15) is 5.11 Å². The minimum Gasteiger partial charge on any atom is -0.398 e.